The molecule has 0 saturated carbocycles. The van der Waals surface area contributed by atoms with Crippen molar-refractivity contribution in [1.29, 1.82) is 5.26 Å². The van der Waals surface area contributed by atoms with E-state index >= 15 is 0 Å². The maximum atomic E-state index is 12.4. The van der Waals surface area contributed by atoms with Gasteiger partial charge in [-0.05, 0) is 60.9 Å². The molecule has 2 aromatic carbocycles. The Hall–Kier alpha value is -3.75. The van der Waals surface area contributed by atoms with Gasteiger partial charge in [-0.3, -0.25) is 10.1 Å². The molecule has 3 aromatic rings. The van der Waals surface area contributed by atoms with Crippen molar-refractivity contribution in [3.05, 3.63) is 64.7 Å². The van der Waals surface area contributed by atoms with E-state index in [1.54, 1.807) is 24.3 Å². The number of carbonyl (C=O) groups excluding carboxylic acids is 1. The van der Waals surface area contributed by atoms with Gasteiger partial charge in [0.2, 0.25) is 15.0 Å². The summed E-state index contributed by atoms with van der Waals surface area (Å²) in [6.45, 7) is 5.11. The van der Waals surface area contributed by atoms with Gasteiger partial charge < -0.3 is 9.47 Å². The number of benzene rings is 2. The Morgan fingerprint density at radius 2 is 1.74 bits per heavy atom. The lowest BCUT2D eigenvalue weighted by Gasteiger charge is -2.09. The zero-order valence-electron chi connectivity index (χ0n) is 19.4. The molecule has 1 heterocycles. The second-order valence-electron chi connectivity index (χ2n) is 7.64. The molecule has 0 spiro atoms. The van der Waals surface area contributed by atoms with Crippen LogP contribution in [0, 0.1) is 25.2 Å². The molecule has 0 aliphatic rings. The molecule has 0 aliphatic carbocycles. The van der Waals surface area contributed by atoms with Crippen molar-refractivity contribution < 1.29 is 22.7 Å². The van der Waals surface area contributed by atoms with Crippen LogP contribution in [0.15, 0.2) is 53.2 Å². The Morgan fingerprint density at radius 1 is 1.09 bits per heavy atom. The van der Waals surface area contributed by atoms with Crippen LogP contribution in [-0.4, -0.2) is 43.2 Å². The van der Waals surface area contributed by atoms with E-state index in [9.17, 15) is 18.5 Å². The fourth-order valence-corrected chi connectivity index (χ4v) is 4.23. The number of amides is 1. The quantitative estimate of drug-likeness (QED) is 0.245. The number of anilines is 1. The van der Waals surface area contributed by atoms with Crippen molar-refractivity contribution in [3.8, 4) is 17.6 Å². The molecule has 0 fully saturated rings. The fraction of sp³-hybridized carbons (Fsp3) is 0.250. The highest BCUT2D eigenvalue weighted by Crippen LogP contribution is 2.19. The molecule has 0 radical (unpaired) electrons. The molecule has 1 amide bonds. The Bertz CT molecular complexity index is 1370. The summed E-state index contributed by atoms with van der Waals surface area (Å²) in [5.74, 6) is 0.773. The van der Waals surface area contributed by atoms with E-state index in [1.807, 2.05) is 31.2 Å². The number of carbonyl (C=O) groups is 1. The van der Waals surface area contributed by atoms with Crippen molar-refractivity contribution in [3.63, 3.8) is 0 Å². The fourth-order valence-electron chi connectivity index (χ4n) is 2.79. The van der Waals surface area contributed by atoms with Gasteiger partial charge >= 0.3 is 0 Å². The van der Waals surface area contributed by atoms with E-state index in [0.29, 0.717) is 30.9 Å². The summed E-state index contributed by atoms with van der Waals surface area (Å²) >= 11 is 0.717. The molecule has 182 valence electrons. The van der Waals surface area contributed by atoms with Crippen LogP contribution in [0.1, 0.15) is 23.1 Å². The average Bonchev–Trinajstić information content (AvgIpc) is 3.29. The minimum Gasteiger partial charge on any atom is -0.493 e. The normalized spacial score (nSPS) is 11.5. The van der Waals surface area contributed by atoms with Crippen LogP contribution >= 0.6 is 11.5 Å². The van der Waals surface area contributed by atoms with Gasteiger partial charge in [-0.1, -0.05) is 18.2 Å². The van der Waals surface area contributed by atoms with Crippen LogP contribution in [0.4, 0.5) is 5.13 Å². The van der Waals surface area contributed by atoms with Crippen LogP contribution in [0.3, 0.4) is 0 Å². The number of ether oxygens (including phenoxy) is 2. The number of hydrogen-bond donors (Lipinski definition) is 1. The first-order valence-electron chi connectivity index (χ1n) is 10.6. The van der Waals surface area contributed by atoms with Gasteiger partial charge in [0, 0.05) is 24.2 Å². The van der Waals surface area contributed by atoms with Crippen LogP contribution in [0.5, 0.6) is 11.5 Å². The first-order valence-corrected chi connectivity index (χ1v) is 13.2. The lowest BCUT2D eigenvalue weighted by molar-refractivity contribution is -0.112. The third-order valence-corrected chi connectivity index (χ3v) is 6.41. The molecule has 11 heteroatoms. The number of nitrogens with zero attached hydrogens (tertiary/aromatic N) is 3. The minimum atomic E-state index is -3.58. The predicted molar refractivity (Wildman–Crippen MR) is 133 cm³/mol. The first-order chi connectivity index (χ1) is 16.7. The molecule has 3 rings (SSSR count). The van der Waals surface area contributed by atoms with E-state index in [0.717, 1.165) is 23.5 Å². The summed E-state index contributed by atoms with van der Waals surface area (Å²) in [5, 5.41) is 11.4. The van der Waals surface area contributed by atoms with Crippen molar-refractivity contribution in [2.24, 2.45) is 0 Å². The number of nitriles is 1. The summed E-state index contributed by atoms with van der Waals surface area (Å²) in [6.07, 6.45) is 3.09. The smallest absolute Gasteiger partial charge is 0.268 e. The molecule has 1 N–H and O–H groups in total. The average molecular weight is 513 g/mol. The molecule has 0 saturated heterocycles. The zero-order chi connectivity index (χ0) is 25.4. The van der Waals surface area contributed by atoms with Gasteiger partial charge in [0.15, 0.2) is 0 Å². The molecular weight excluding hydrogens is 488 g/mol. The highest BCUT2D eigenvalue weighted by Gasteiger charge is 2.17. The maximum absolute atomic E-state index is 12.4. The van der Waals surface area contributed by atoms with Crippen LogP contribution in [-0.2, 0) is 14.6 Å². The summed E-state index contributed by atoms with van der Waals surface area (Å²) < 4.78 is 38.1. The molecule has 0 aliphatic heterocycles. The second kappa shape index (κ2) is 11.6. The Kier molecular flexibility index (Phi) is 8.57. The van der Waals surface area contributed by atoms with E-state index in [-0.39, 0.29) is 15.9 Å². The standard InChI is InChI=1S/C24H24N4O5S2/c1-16-5-8-21(13-17(16)2)33-12-4-11-32-20-9-6-18(7-10-20)14-19(15-25)22(29)26-23-27-24(28-34-23)35(3,30)31/h5-10,13-14H,4,11-12H2,1-3H3,(H,26,27,28,29)/b19-14-. The molecule has 0 bridgehead atoms. The summed E-state index contributed by atoms with van der Waals surface area (Å²) in [7, 11) is -3.58. The Morgan fingerprint density at radius 3 is 2.34 bits per heavy atom. The molecule has 9 nitrogen and oxygen atoms in total. The Balaban J connectivity index is 1.49. The van der Waals surface area contributed by atoms with E-state index in [2.05, 4.69) is 21.6 Å². The van der Waals surface area contributed by atoms with Crippen molar-refractivity contribution in [1.82, 2.24) is 9.36 Å². The maximum Gasteiger partial charge on any atom is 0.268 e. The molecule has 35 heavy (non-hydrogen) atoms. The summed E-state index contributed by atoms with van der Waals surface area (Å²) in [6, 6.07) is 14.8. The molecule has 1 aromatic heterocycles. The number of rotatable bonds is 10. The number of sulfone groups is 1. The van der Waals surface area contributed by atoms with Gasteiger partial charge in [0.25, 0.3) is 11.1 Å². The number of aryl methyl sites for hydroxylation is 2. The molecule has 0 atom stereocenters. The summed E-state index contributed by atoms with van der Waals surface area (Å²) in [5.41, 5.74) is 2.86. The van der Waals surface area contributed by atoms with Crippen LogP contribution in [0.2, 0.25) is 0 Å². The number of hydrogen-bond acceptors (Lipinski definition) is 9. The third-order valence-electron chi connectivity index (χ3n) is 4.82. The van der Waals surface area contributed by atoms with Crippen LogP contribution in [0.25, 0.3) is 6.08 Å². The second-order valence-corrected chi connectivity index (χ2v) is 10.3. The topological polar surface area (TPSA) is 131 Å². The van der Waals surface area contributed by atoms with Gasteiger partial charge in [-0.2, -0.15) is 14.6 Å². The van der Waals surface area contributed by atoms with Gasteiger partial charge in [-0.25, -0.2) is 8.42 Å². The van der Waals surface area contributed by atoms with Gasteiger partial charge in [0.05, 0.1) is 13.2 Å². The molecular formula is C24H24N4O5S2. The lowest BCUT2D eigenvalue weighted by Crippen LogP contribution is -2.13. The molecule has 0 unspecified atom stereocenters. The highest BCUT2D eigenvalue weighted by atomic mass is 32.2. The van der Waals surface area contributed by atoms with Gasteiger partial charge in [0.1, 0.15) is 23.1 Å². The number of nitrogens with one attached hydrogen (secondary N) is 1. The van der Waals surface area contributed by atoms with Crippen molar-refractivity contribution in [2.45, 2.75) is 25.4 Å². The number of aromatic nitrogens is 2. The summed E-state index contributed by atoms with van der Waals surface area (Å²) in [4.78, 5) is 16.1. The SMILES string of the molecule is Cc1ccc(OCCCOc2ccc(/C=C(/C#N)C(=O)Nc3nc(S(C)(=O)=O)ns3)cc2)cc1C. The monoisotopic (exact) mass is 512 g/mol. The van der Waals surface area contributed by atoms with Crippen molar-refractivity contribution in [2.75, 3.05) is 24.8 Å². The van der Waals surface area contributed by atoms with Gasteiger partial charge in [-0.15, -0.1) is 0 Å². The third kappa shape index (κ3) is 7.63. The largest absolute Gasteiger partial charge is 0.493 e. The minimum absolute atomic E-state index is 0.0122. The first kappa shape index (κ1) is 25.9. The van der Waals surface area contributed by atoms with E-state index in [4.69, 9.17) is 9.47 Å². The lowest BCUT2D eigenvalue weighted by atomic mass is 10.1. The Labute approximate surface area is 208 Å². The van der Waals surface area contributed by atoms with Crippen LogP contribution < -0.4 is 14.8 Å². The van der Waals surface area contributed by atoms with Crippen molar-refractivity contribution >= 4 is 38.5 Å². The van der Waals surface area contributed by atoms with E-state index in [1.165, 1.54) is 17.2 Å². The highest BCUT2D eigenvalue weighted by molar-refractivity contribution is 7.90. The van der Waals surface area contributed by atoms with E-state index < -0.39 is 15.7 Å². The zero-order valence-corrected chi connectivity index (χ0v) is 21.1. The predicted octanol–water partition coefficient (Wildman–Crippen LogP) is 3.95.